The fourth-order valence-corrected chi connectivity index (χ4v) is 3.44. The van der Waals surface area contributed by atoms with Gasteiger partial charge in [-0.1, -0.05) is 42.5 Å². The second kappa shape index (κ2) is 5.06. The molecule has 3 heteroatoms. The van der Waals surface area contributed by atoms with E-state index in [9.17, 15) is 0 Å². The highest BCUT2D eigenvalue weighted by atomic mass is 15.1. The van der Waals surface area contributed by atoms with Crippen molar-refractivity contribution in [2.75, 3.05) is 12.8 Å². The molecule has 1 aliphatic heterocycles. The maximum atomic E-state index is 6.07. The molecule has 1 heterocycles. The summed E-state index contributed by atoms with van der Waals surface area (Å²) in [6.07, 6.45) is 4.97. The molecule has 2 aromatic rings. The molecule has 4 N–H and O–H groups in total. The molecule has 1 aliphatic carbocycles. The molecule has 0 radical (unpaired) electrons. The van der Waals surface area contributed by atoms with Gasteiger partial charge in [0.1, 0.15) is 0 Å². The van der Waals surface area contributed by atoms with Crippen LogP contribution in [0.1, 0.15) is 12.0 Å². The molecule has 0 unspecified atom stereocenters. The van der Waals surface area contributed by atoms with E-state index in [4.69, 9.17) is 11.5 Å². The highest BCUT2D eigenvalue weighted by Crippen LogP contribution is 2.31. The van der Waals surface area contributed by atoms with Crippen molar-refractivity contribution >= 4 is 17.0 Å². The zero-order valence-electron chi connectivity index (χ0n) is 13.1. The molecule has 0 fully saturated rings. The Morgan fingerprint density at radius 2 is 1.74 bits per heavy atom. The van der Waals surface area contributed by atoms with Gasteiger partial charge in [-0.25, -0.2) is 0 Å². The molecule has 3 nitrogen and oxygen atoms in total. The van der Waals surface area contributed by atoms with Crippen LogP contribution in [0, 0.1) is 0 Å². The van der Waals surface area contributed by atoms with Gasteiger partial charge in [0, 0.05) is 29.3 Å². The standard InChI is InChI=1S/C20H19N3/c1-23-19-12-15(22)8-10-17(19)16-9-7-14(21)11-18(16)20(23)13-5-3-2-4-6-13/h2-9,11-12H,10,21-22H2,1H3. The van der Waals surface area contributed by atoms with E-state index in [1.54, 1.807) is 0 Å². The molecular weight excluding hydrogens is 282 g/mol. The summed E-state index contributed by atoms with van der Waals surface area (Å²) in [5, 5.41) is 2.42. The zero-order valence-corrected chi connectivity index (χ0v) is 13.1. The summed E-state index contributed by atoms with van der Waals surface area (Å²) in [4.78, 5) is 2.23. The van der Waals surface area contributed by atoms with Crippen LogP contribution in [0.25, 0.3) is 11.3 Å². The number of hydrogen-bond donors (Lipinski definition) is 2. The molecule has 23 heavy (non-hydrogen) atoms. The molecule has 0 spiro atoms. The minimum Gasteiger partial charge on any atom is -0.399 e. The first-order chi connectivity index (χ1) is 11.1. The third-order valence-corrected chi connectivity index (χ3v) is 4.52. The van der Waals surface area contributed by atoms with Crippen molar-refractivity contribution in [2.45, 2.75) is 6.42 Å². The number of hydrogen-bond acceptors (Lipinski definition) is 3. The number of nitrogen functional groups attached to an aromatic ring is 1. The molecule has 2 aliphatic rings. The Labute approximate surface area is 135 Å². The van der Waals surface area contributed by atoms with Crippen molar-refractivity contribution in [1.29, 1.82) is 0 Å². The van der Waals surface area contributed by atoms with Gasteiger partial charge in [-0.3, -0.25) is 0 Å². The molecule has 0 atom stereocenters. The lowest BCUT2D eigenvalue weighted by molar-refractivity contribution is 0.605. The van der Waals surface area contributed by atoms with Gasteiger partial charge >= 0.3 is 0 Å². The number of nitrogens with zero attached hydrogens (tertiary/aromatic N) is 1. The number of rotatable bonds is 1. The second-order valence-corrected chi connectivity index (χ2v) is 6.00. The van der Waals surface area contributed by atoms with Crippen molar-refractivity contribution in [1.82, 2.24) is 4.90 Å². The van der Waals surface area contributed by atoms with Crippen LogP contribution in [-0.2, 0) is 0 Å². The summed E-state index contributed by atoms with van der Waals surface area (Å²) < 4.78 is 0. The van der Waals surface area contributed by atoms with Crippen LogP contribution in [0.3, 0.4) is 0 Å². The van der Waals surface area contributed by atoms with E-state index in [0.717, 1.165) is 23.5 Å². The Morgan fingerprint density at radius 3 is 2.52 bits per heavy atom. The van der Waals surface area contributed by atoms with Crippen LogP contribution < -0.4 is 21.9 Å². The van der Waals surface area contributed by atoms with E-state index in [1.165, 1.54) is 27.3 Å². The van der Waals surface area contributed by atoms with Gasteiger partial charge in [0.15, 0.2) is 0 Å². The van der Waals surface area contributed by atoms with Crippen molar-refractivity contribution in [3.63, 3.8) is 0 Å². The van der Waals surface area contributed by atoms with Crippen LogP contribution >= 0.6 is 0 Å². The van der Waals surface area contributed by atoms with Gasteiger partial charge in [0.2, 0.25) is 0 Å². The summed E-state index contributed by atoms with van der Waals surface area (Å²) >= 11 is 0. The number of nitrogens with two attached hydrogens (primary N) is 2. The molecule has 0 bridgehead atoms. The number of fused-ring (bicyclic) bond motifs is 2. The average molecular weight is 301 g/mol. The lowest BCUT2D eigenvalue weighted by Gasteiger charge is -2.33. The highest BCUT2D eigenvalue weighted by molar-refractivity contribution is 5.79. The molecule has 114 valence electrons. The largest absolute Gasteiger partial charge is 0.399 e. The molecule has 0 saturated carbocycles. The van der Waals surface area contributed by atoms with Crippen LogP contribution in [0.5, 0.6) is 0 Å². The minimum absolute atomic E-state index is 0.782. The maximum Gasteiger partial charge on any atom is 0.0562 e. The number of allylic oxidation sites excluding steroid dienone is 3. The second-order valence-electron chi connectivity index (χ2n) is 6.00. The SMILES string of the molecule is CN1C2=CC(N)=CCC2=c2ccc(N)cc2=C1c1ccccc1. The fraction of sp³-hybridized carbons (Fsp3) is 0.100. The Morgan fingerprint density at radius 1 is 0.957 bits per heavy atom. The normalized spacial score (nSPS) is 16.5. The van der Waals surface area contributed by atoms with E-state index < -0.39 is 0 Å². The van der Waals surface area contributed by atoms with E-state index in [0.29, 0.717) is 0 Å². The summed E-state index contributed by atoms with van der Waals surface area (Å²) in [5.41, 5.74) is 18.5. The highest BCUT2D eigenvalue weighted by Gasteiger charge is 2.23. The maximum absolute atomic E-state index is 6.07. The average Bonchev–Trinajstić information content (AvgIpc) is 2.56. The first-order valence-corrected chi connectivity index (χ1v) is 7.75. The third-order valence-electron chi connectivity index (χ3n) is 4.52. The predicted molar refractivity (Wildman–Crippen MR) is 95.2 cm³/mol. The Kier molecular flexibility index (Phi) is 3.01. The third kappa shape index (κ3) is 2.13. The monoisotopic (exact) mass is 301 g/mol. The summed E-state index contributed by atoms with van der Waals surface area (Å²) in [6.45, 7) is 0. The molecule has 0 saturated heterocycles. The van der Waals surface area contributed by atoms with Gasteiger partial charge in [-0.05, 0) is 41.0 Å². The van der Waals surface area contributed by atoms with Gasteiger partial charge in [0.05, 0.1) is 5.70 Å². The summed E-state index contributed by atoms with van der Waals surface area (Å²) in [6, 6.07) is 16.6. The van der Waals surface area contributed by atoms with Crippen LogP contribution in [-0.4, -0.2) is 11.9 Å². The minimum atomic E-state index is 0.782. The lowest BCUT2D eigenvalue weighted by Crippen LogP contribution is -2.41. The van der Waals surface area contributed by atoms with Crippen molar-refractivity contribution in [3.8, 4) is 0 Å². The topological polar surface area (TPSA) is 55.3 Å². The van der Waals surface area contributed by atoms with Gasteiger partial charge < -0.3 is 16.4 Å². The first-order valence-electron chi connectivity index (χ1n) is 7.75. The van der Waals surface area contributed by atoms with Gasteiger partial charge in [-0.2, -0.15) is 0 Å². The Bertz CT molecular complexity index is 966. The summed E-state index contributed by atoms with van der Waals surface area (Å²) in [5.74, 6) is 0. The number of anilines is 1. The quantitative estimate of drug-likeness (QED) is 0.788. The van der Waals surface area contributed by atoms with Crippen LogP contribution in [0.2, 0.25) is 0 Å². The van der Waals surface area contributed by atoms with E-state index in [-0.39, 0.29) is 0 Å². The fourth-order valence-electron chi connectivity index (χ4n) is 3.44. The van der Waals surface area contributed by atoms with Crippen LogP contribution in [0.15, 0.2) is 72.1 Å². The molecule has 0 aromatic heterocycles. The summed E-state index contributed by atoms with van der Waals surface area (Å²) in [7, 11) is 2.10. The Hall–Kier alpha value is -2.94. The Balaban J connectivity index is 2.15. The van der Waals surface area contributed by atoms with E-state index in [1.807, 2.05) is 12.1 Å². The molecule has 4 rings (SSSR count). The first kappa shape index (κ1) is 13.7. The van der Waals surface area contributed by atoms with Gasteiger partial charge in [-0.15, -0.1) is 0 Å². The van der Waals surface area contributed by atoms with Crippen molar-refractivity contribution in [3.05, 3.63) is 88.1 Å². The van der Waals surface area contributed by atoms with Crippen molar-refractivity contribution < 1.29 is 0 Å². The van der Waals surface area contributed by atoms with Crippen molar-refractivity contribution in [2.24, 2.45) is 5.73 Å². The smallest absolute Gasteiger partial charge is 0.0562 e. The zero-order chi connectivity index (χ0) is 16.0. The van der Waals surface area contributed by atoms with E-state index in [2.05, 4.69) is 60.5 Å². The van der Waals surface area contributed by atoms with Gasteiger partial charge in [0.25, 0.3) is 0 Å². The molecule has 0 amide bonds. The number of benzene rings is 2. The lowest BCUT2D eigenvalue weighted by atomic mass is 9.92. The molecule has 2 aromatic carbocycles. The predicted octanol–water partition coefficient (Wildman–Crippen LogP) is 1.65. The van der Waals surface area contributed by atoms with E-state index >= 15 is 0 Å². The van der Waals surface area contributed by atoms with Crippen LogP contribution in [0.4, 0.5) is 5.69 Å². The molecular formula is C20H19N3.